The quantitative estimate of drug-likeness (QED) is 0.763. The normalized spacial score (nSPS) is 24.1. The highest BCUT2D eigenvalue weighted by molar-refractivity contribution is 5.98. The molecule has 1 atom stereocenters. The molecule has 0 saturated carbocycles. The number of carbonyl (C=O) groups excluding carboxylic acids is 1. The van der Waals surface area contributed by atoms with E-state index in [2.05, 4.69) is 5.32 Å². The molecule has 1 aromatic carbocycles. The molecule has 0 aliphatic carbocycles. The number of carbonyl (C=O) groups is 1. The Balaban J connectivity index is 2.51. The van der Waals surface area contributed by atoms with Gasteiger partial charge in [-0.2, -0.15) is 0 Å². The second-order valence-electron chi connectivity index (χ2n) is 4.09. The minimum Gasteiger partial charge on any atom is -0.467 e. The highest BCUT2D eigenvalue weighted by Crippen LogP contribution is 2.31. The summed E-state index contributed by atoms with van der Waals surface area (Å²) in [6.07, 6.45) is 0.743. The number of amides is 1. The zero-order valence-electron chi connectivity index (χ0n) is 9.26. The third-order valence-electron chi connectivity index (χ3n) is 2.84. The molecule has 15 heavy (non-hydrogen) atoms. The van der Waals surface area contributed by atoms with Crippen LogP contribution in [-0.2, 0) is 0 Å². The van der Waals surface area contributed by atoms with Crippen LogP contribution < -0.4 is 10.1 Å². The largest absolute Gasteiger partial charge is 0.467 e. The van der Waals surface area contributed by atoms with Crippen LogP contribution in [0.15, 0.2) is 18.2 Å². The average Bonchev–Trinajstić information content (AvgIpc) is 2.20. The van der Waals surface area contributed by atoms with Crippen LogP contribution in [0.4, 0.5) is 0 Å². The summed E-state index contributed by atoms with van der Waals surface area (Å²) in [5, 5.41) is 2.86. The van der Waals surface area contributed by atoms with Gasteiger partial charge >= 0.3 is 0 Å². The average molecular weight is 205 g/mol. The fourth-order valence-electron chi connectivity index (χ4n) is 1.69. The molecular formula is C12H15NO2. The molecule has 0 bridgehead atoms. The van der Waals surface area contributed by atoms with Gasteiger partial charge in [0.15, 0.2) is 5.72 Å². The minimum absolute atomic E-state index is 0.0516. The SMILES string of the molecule is CCC1(C)NC(=O)c2cccc(C)c2O1. The van der Waals surface area contributed by atoms with E-state index in [1.54, 1.807) is 6.07 Å². The van der Waals surface area contributed by atoms with E-state index >= 15 is 0 Å². The molecule has 80 valence electrons. The van der Waals surface area contributed by atoms with E-state index in [0.717, 1.165) is 12.0 Å². The van der Waals surface area contributed by atoms with Gasteiger partial charge in [-0.3, -0.25) is 4.79 Å². The first-order chi connectivity index (χ1) is 7.06. The lowest BCUT2D eigenvalue weighted by Crippen LogP contribution is -2.53. The van der Waals surface area contributed by atoms with Gasteiger partial charge in [0, 0.05) is 6.42 Å². The Hall–Kier alpha value is -1.51. The summed E-state index contributed by atoms with van der Waals surface area (Å²) in [5.74, 6) is 0.662. The molecule has 1 aliphatic heterocycles. The van der Waals surface area contributed by atoms with Crippen LogP contribution >= 0.6 is 0 Å². The van der Waals surface area contributed by atoms with Crippen LogP contribution in [0.2, 0.25) is 0 Å². The van der Waals surface area contributed by atoms with Crippen molar-refractivity contribution in [1.29, 1.82) is 0 Å². The lowest BCUT2D eigenvalue weighted by Gasteiger charge is -2.36. The molecule has 0 spiro atoms. The van der Waals surface area contributed by atoms with Crippen LogP contribution in [0.5, 0.6) is 5.75 Å². The first-order valence-electron chi connectivity index (χ1n) is 5.17. The molecule has 1 aromatic rings. The van der Waals surface area contributed by atoms with Crippen LogP contribution in [0.3, 0.4) is 0 Å². The number of para-hydroxylation sites is 1. The first-order valence-corrected chi connectivity index (χ1v) is 5.17. The van der Waals surface area contributed by atoms with Crippen LogP contribution in [0.1, 0.15) is 36.2 Å². The Labute approximate surface area is 89.4 Å². The number of nitrogens with one attached hydrogen (secondary N) is 1. The predicted molar refractivity (Wildman–Crippen MR) is 58.0 cm³/mol. The van der Waals surface area contributed by atoms with E-state index in [0.29, 0.717) is 11.3 Å². The fourth-order valence-corrected chi connectivity index (χ4v) is 1.69. The summed E-state index contributed by atoms with van der Waals surface area (Å²) < 4.78 is 5.84. The summed E-state index contributed by atoms with van der Waals surface area (Å²) in [4.78, 5) is 11.8. The highest BCUT2D eigenvalue weighted by Gasteiger charge is 2.34. The molecular weight excluding hydrogens is 190 g/mol. The molecule has 2 rings (SSSR count). The Morgan fingerprint density at radius 1 is 1.47 bits per heavy atom. The van der Waals surface area contributed by atoms with Gasteiger partial charge in [-0.1, -0.05) is 19.1 Å². The molecule has 1 amide bonds. The zero-order valence-corrected chi connectivity index (χ0v) is 9.26. The van der Waals surface area contributed by atoms with Crippen molar-refractivity contribution in [2.75, 3.05) is 0 Å². The smallest absolute Gasteiger partial charge is 0.258 e. The van der Waals surface area contributed by atoms with Crippen molar-refractivity contribution in [3.8, 4) is 5.75 Å². The summed E-state index contributed by atoms with van der Waals surface area (Å²) in [6, 6.07) is 5.60. The van der Waals surface area contributed by atoms with Gasteiger partial charge < -0.3 is 10.1 Å². The number of hydrogen-bond acceptors (Lipinski definition) is 2. The highest BCUT2D eigenvalue weighted by atomic mass is 16.5. The van der Waals surface area contributed by atoms with E-state index in [4.69, 9.17) is 4.74 Å². The van der Waals surface area contributed by atoms with Crippen molar-refractivity contribution in [1.82, 2.24) is 5.32 Å². The summed E-state index contributed by atoms with van der Waals surface area (Å²) in [7, 11) is 0. The molecule has 0 radical (unpaired) electrons. The topological polar surface area (TPSA) is 38.3 Å². The maximum Gasteiger partial charge on any atom is 0.258 e. The predicted octanol–water partition coefficient (Wildman–Crippen LogP) is 2.24. The van der Waals surface area contributed by atoms with E-state index < -0.39 is 5.72 Å². The van der Waals surface area contributed by atoms with Gasteiger partial charge in [-0.15, -0.1) is 0 Å². The van der Waals surface area contributed by atoms with Gasteiger partial charge in [0.25, 0.3) is 5.91 Å². The van der Waals surface area contributed by atoms with Gasteiger partial charge in [0.2, 0.25) is 0 Å². The van der Waals surface area contributed by atoms with Crippen molar-refractivity contribution in [3.05, 3.63) is 29.3 Å². The number of rotatable bonds is 1. The number of aryl methyl sites for hydroxylation is 1. The van der Waals surface area contributed by atoms with Crippen LogP contribution in [0, 0.1) is 6.92 Å². The van der Waals surface area contributed by atoms with Crippen molar-refractivity contribution < 1.29 is 9.53 Å². The maximum atomic E-state index is 11.8. The lowest BCUT2D eigenvalue weighted by atomic mass is 10.0. The van der Waals surface area contributed by atoms with Crippen molar-refractivity contribution in [2.45, 2.75) is 32.9 Å². The lowest BCUT2D eigenvalue weighted by molar-refractivity contribution is 0.0284. The third-order valence-corrected chi connectivity index (χ3v) is 2.84. The number of fused-ring (bicyclic) bond motifs is 1. The van der Waals surface area contributed by atoms with Crippen molar-refractivity contribution in [3.63, 3.8) is 0 Å². The molecule has 3 heteroatoms. The zero-order chi connectivity index (χ0) is 11.1. The second-order valence-corrected chi connectivity index (χ2v) is 4.09. The molecule has 1 heterocycles. The summed E-state index contributed by atoms with van der Waals surface area (Å²) in [5.41, 5.74) is 1.05. The van der Waals surface area contributed by atoms with Crippen molar-refractivity contribution in [2.24, 2.45) is 0 Å². The number of ether oxygens (including phenoxy) is 1. The van der Waals surface area contributed by atoms with Gasteiger partial charge in [0.1, 0.15) is 5.75 Å². The monoisotopic (exact) mass is 205 g/mol. The van der Waals surface area contributed by atoms with Crippen LogP contribution in [0.25, 0.3) is 0 Å². The minimum atomic E-state index is -0.573. The standard InChI is InChI=1S/C12H15NO2/c1-4-12(3)13-11(14)9-7-5-6-8(2)10(9)15-12/h5-7H,4H2,1-3H3,(H,13,14). The third kappa shape index (κ3) is 1.58. The Bertz CT molecular complexity index is 414. The molecule has 0 aromatic heterocycles. The summed E-state index contributed by atoms with van der Waals surface area (Å²) >= 11 is 0. The van der Waals surface area contributed by atoms with Gasteiger partial charge in [-0.05, 0) is 25.5 Å². The Morgan fingerprint density at radius 3 is 2.87 bits per heavy atom. The van der Waals surface area contributed by atoms with E-state index in [1.807, 2.05) is 32.9 Å². The number of benzene rings is 1. The van der Waals surface area contributed by atoms with Crippen LogP contribution in [-0.4, -0.2) is 11.6 Å². The van der Waals surface area contributed by atoms with E-state index in [-0.39, 0.29) is 5.91 Å². The van der Waals surface area contributed by atoms with Crippen molar-refractivity contribution >= 4 is 5.91 Å². The maximum absolute atomic E-state index is 11.8. The molecule has 3 nitrogen and oxygen atoms in total. The fraction of sp³-hybridized carbons (Fsp3) is 0.417. The van der Waals surface area contributed by atoms with E-state index in [9.17, 15) is 4.79 Å². The van der Waals surface area contributed by atoms with Gasteiger partial charge in [0.05, 0.1) is 5.56 Å². The second kappa shape index (κ2) is 3.26. The molecule has 0 fully saturated rings. The van der Waals surface area contributed by atoms with E-state index in [1.165, 1.54) is 0 Å². The molecule has 1 unspecified atom stereocenters. The number of hydrogen-bond donors (Lipinski definition) is 1. The van der Waals surface area contributed by atoms with Gasteiger partial charge in [-0.25, -0.2) is 0 Å². The Morgan fingerprint density at radius 2 is 2.20 bits per heavy atom. The molecule has 1 N–H and O–H groups in total. The Kier molecular flexibility index (Phi) is 2.18. The molecule has 0 saturated heterocycles. The molecule has 1 aliphatic rings. The first kappa shape index (κ1) is 10.0. The summed E-state index contributed by atoms with van der Waals surface area (Å²) in [6.45, 7) is 5.83.